The van der Waals surface area contributed by atoms with E-state index < -0.39 is 0 Å². The van der Waals surface area contributed by atoms with Gasteiger partial charge in [0, 0.05) is 11.6 Å². The molecule has 0 radical (unpaired) electrons. The minimum atomic E-state index is -0.232. The molecule has 88 valence electrons. The normalized spacial score (nSPS) is 10.0. The summed E-state index contributed by atoms with van der Waals surface area (Å²) in [4.78, 5) is 11.2. The highest BCUT2D eigenvalue weighted by molar-refractivity contribution is 6.40. The van der Waals surface area contributed by atoms with E-state index in [9.17, 15) is 4.79 Å². The quantitative estimate of drug-likeness (QED) is 0.921. The van der Waals surface area contributed by atoms with Crippen LogP contribution in [0.1, 0.15) is 6.92 Å². The predicted octanol–water partition coefficient (Wildman–Crippen LogP) is 3.16. The van der Waals surface area contributed by atoms with Gasteiger partial charge in [-0.2, -0.15) is 0 Å². The Labute approximate surface area is 109 Å². The zero-order valence-corrected chi connectivity index (χ0v) is 10.8. The number of likely N-dealkylation sites (N-methyl/N-ethyl adjacent to an activating group) is 1. The fraction of sp³-hybridized carbons (Fsp3) is 0.300. The first-order valence-corrected chi connectivity index (χ1v) is 5.72. The topological polar surface area (TPSA) is 38.3 Å². The van der Waals surface area contributed by atoms with E-state index in [0.29, 0.717) is 11.6 Å². The Morgan fingerprint density at radius 2 is 1.88 bits per heavy atom. The third-order valence-electron chi connectivity index (χ3n) is 1.68. The van der Waals surface area contributed by atoms with Crippen molar-refractivity contribution in [2.45, 2.75) is 6.92 Å². The zero-order chi connectivity index (χ0) is 12.1. The van der Waals surface area contributed by atoms with Gasteiger partial charge in [-0.15, -0.1) is 0 Å². The molecule has 1 rings (SSSR count). The van der Waals surface area contributed by atoms with Gasteiger partial charge in [-0.1, -0.05) is 34.8 Å². The maximum Gasteiger partial charge on any atom is 0.257 e. The van der Waals surface area contributed by atoms with Crippen molar-refractivity contribution in [2.24, 2.45) is 0 Å². The van der Waals surface area contributed by atoms with Crippen LogP contribution in [0.2, 0.25) is 15.1 Å². The molecule has 0 spiro atoms. The third-order valence-corrected chi connectivity index (χ3v) is 2.46. The summed E-state index contributed by atoms with van der Waals surface area (Å²) in [7, 11) is 0. The molecule has 0 heterocycles. The van der Waals surface area contributed by atoms with Gasteiger partial charge in [0.05, 0.1) is 10.0 Å². The van der Waals surface area contributed by atoms with E-state index in [1.165, 1.54) is 12.1 Å². The van der Waals surface area contributed by atoms with E-state index in [0.717, 1.165) is 0 Å². The molecule has 0 unspecified atom stereocenters. The second kappa shape index (κ2) is 6.18. The molecule has 0 saturated heterocycles. The van der Waals surface area contributed by atoms with Gasteiger partial charge in [-0.3, -0.25) is 4.79 Å². The van der Waals surface area contributed by atoms with Crippen LogP contribution in [-0.2, 0) is 4.79 Å². The van der Waals surface area contributed by atoms with Crippen molar-refractivity contribution in [3.8, 4) is 5.75 Å². The SMILES string of the molecule is CCNC(=O)COc1c(Cl)cc(Cl)cc1Cl. The summed E-state index contributed by atoms with van der Waals surface area (Å²) in [5.41, 5.74) is 0. The highest BCUT2D eigenvalue weighted by Crippen LogP contribution is 2.35. The van der Waals surface area contributed by atoms with E-state index in [4.69, 9.17) is 39.5 Å². The average molecular weight is 283 g/mol. The molecule has 3 nitrogen and oxygen atoms in total. The van der Waals surface area contributed by atoms with E-state index in [2.05, 4.69) is 5.32 Å². The first-order valence-electron chi connectivity index (χ1n) is 4.58. The Morgan fingerprint density at radius 1 is 1.31 bits per heavy atom. The molecule has 0 atom stereocenters. The highest BCUT2D eigenvalue weighted by Gasteiger charge is 2.10. The molecule has 6 heteroatoms. The van der Waals surface area contributed by atoms with Gasteiger partial charge >= 0.3 is 0 Å². The lowest BCUT2D eigenvalue weighted by atomic mass is 10.3. The summed E-state index contributed by atoms with van der Waals surface area (Å²) in [5, 5.41) is 3.57. The number of nitrogens with one attached hydrogen (secondary N) is 1. The average Bonchev–Trinajstić information content (AvgIpc) is 2.16. The minimum absolute atomic E-state index is 0.130. The van der Waals surface area contributed by atoms with Crippen LogP contribution in [0.4, 0.5) is 0 Å². The van der Waals surface area contributed by atoms with Gasteiger partial charge in [0.25, 0.3) is 5.91 Å². The predicted molar refractivity (Wildman–Crippen MR) is 65.7 cm³/mol. The molecule has 0 bridgehead atoms. The van der Waals surface area contributed by atoms with Crippen LogP contribution in [-0.4, -0.2) is 19.1 Å². The second-order valence-corrected chi connectivity index (χ2v) is 4.19. The van der Waals surface area contributed by atoms with Gasteiger partial charge in [-0.05, 0) is 19.1 Å². The number of halogens is 3. The molecule has 1 aromatic carbocycles. The molecule has 16 heavy (non-hydrogen) atoms. The molecule has 1 aromatic rings. The van der Waals surface area contributed by atoms with Gasteiger partial charge in [-0.25, -0.2) is 0 Å². The summed E-state index contributed by atoms with van der Waals surface area (Å²) >= 11 is 17.5. The lowest BCUT2D eigenvalue weighted by Crippen LogP contribution is -2.28. The third kappa shape index (κ3) is 3.74. The standard InChI is InChI=1S/C10H10Cl3NO2/c1-2-14-9(15)5-16-10-7(12)3-6(11)4-8(10)13/h3-4H,2,5H2,1H3,(H,14,15). The van der Waals surface area contributed by atoms with Crippen LogP contribution >= 0.6 is 34.8 Å². The van der Waals surface area contributed by atoms with E-state index in [-0.39, 0.29) is 28.3 Å². The van der Waals surface area contributed by atoms with Gasteiger partial charge in [0.2, 0.25) is 0 Å². The molecule has 1 N–H and O–H groups in total. The smallest absolute Gasteiger partial charge is 0.257 e. The van der Waals surface area contributed by atoms with Crippen molar-refractivity contribution in [2.75, 3.05) is 13.2 Å². The van der Waals surface area contributed by atoms with Crippen molar-refractivity contribution in [1.29, 1.82) is 0 Å². The molecule has 0 aliphatic heterocycles. The number of carbonyl (C=O) groups is 1. The zero-order valence-electron chi connectivity index (χ0n) is 8.52. The minimum Gasteiger partial charge on any atom is -0.481 e. The van der Waals surface area contributed by atoms with Crippen LogP contribution in [0.15, 0.2) is 12.1 Å². The Kier molecular flexibility index (Phi) is 5.19. The van der Waals surface area contributed by atoms with Crippen molar-refractivity contribution in [3.05, 3.63) is 27.2 Å². The number of ether oxygens (including phenoxy) is 1. The van der Waals surface area contributed by atoms with Crippen LogP contribution in [0.3, 0.4) is 0 Å². The summed E-state index contributed by atoms with van der Waals surface area (Å²) in [5.74, 6) is 0.0311. The Hall–Kier alpha value is -0.640. The van der Waals surface area contributed by atoms with Crippen molar-refractivity contribution < 1.29 is 9.53 Å². The number of carbonyl (C=O) groups excluding carboxylic acids is 1. The number of hydrogen-bond acceptors (Lipinski definition) is 2. The Bertz CT molecular complexity index is 373. The lowest BCUT2D eigenvalue weighted by molar-refractivity contribution is -0.122. The highest BCUT2D eigenvalue weighted by atomic mass is 35.5. The molecular formula is C10H10Cl3NO2. The molecule has 0 aromatic heterocycles. The summed E-state index contributed by atoms with van der Waals surface area (Å²) in [6, 6.07) is 3.00. The first kappa shape index (κ1) is 13.4. The number of hydrogen-bond donors (Lipinski definition) is 1. The van der Waals surface area contributed by atoms with Crippen LogP contribution in [0.5, 0.6) is 5.75 Å². The largest absolute Gasteiger partial charge is 0.481 e. The van der Waals surface area contributed by atoms with Crippen LogP contribution in [0, 0.1) is 0 Å². The van der Waals surface area contributed by atoms with Crippen molar-refractivity contribution in [1.82, 2.24) is 5.32 Å². The van der Waals surface area contributed by atoms with Gasteiger partial charge < -0.3 is 10.1 Å². The van der Waals surface area contributed by atoms with E-state index >= 15 is 0 Å². The summed E-state index contributed by atoms with van der Waals surface area (Å²) < 4.78 is 5.20. The Balaban J connectivity index is 2.70. The number of benzene rings is 1. The summed E-state index contributed by atoms with van der Waals surface area (Å²) in [6.45, 7) is 2.24. The fourth-order valence-corrected chi connectivity index (χ4v) is 1.98. The van der Waals surface area contributed by atoms with Crippen molar-refractivity contribution in [3.63, 3.8) is 0 Å². The van der Waals surface area contributed by atoms with Crippen LogP contribution < -0.4 is 10.1 Å². The number of amides is 1. The molecule has 0 aliphatic rings. The second-order valence-electron chi connectivity index (χ2n) is 2.94. The summed E-state index contributed by atoms with van der Waals surface area (Å²) in [6.07, 6.45) is 0. The molecule has 0 fully saturated rings. The fourth-order valence-electron chi connectivity index (χ4n) is 1.05. The molecular weight excluding hydrogens is 272 g/mol. The maximum absolute atomic E-state index is 11.2. The van der Waals surface area contributed by atoms with Gasteiger partial charge in [0.15, 0.2) is 12.4 Å². The first-order chi connectivity index (χ1) is 7.54. The lowest BCUT2D eigenvalue weighted by Gasteiger charge is -2.09. The Morgan fingerprint density at radius 3 is 2.38 bits per heavy atom. The monoisotopic (exact) mass is 281 g/mol. The molecule has 0 saturated carbocycles. The molecule has 1 amide bonds. The van der Waals surface area contributed by atoms with E-state index in [1.807, 2.05) is 6.92 Å². The van der Waals surface area contributed by atoms with Gasteiger partial charge in [0.1, 0.15) is 0 Å². The maximum atomic E-state index is 11.2. The van der Waals surface area contributed by atoms with E-state index in [1.54, 1.807) is 0 Å². The molecule has 0 aliphatic carbocycles. The number of rotatable bonds is 4. The van der Waals surface area contributed by atoms with Crippen LogP contribution in [0.25, 0.3) is 0 Å². The van der Waals surface area contributed by atoms with Crippen molar-refractivity contribution >= 4 is 40.7 Å².